The zero-order valence-corrected chi connectivity index (χ0v) is 23.6. The van der Waals surface area contributed by atoms with Gasteiger partial charge in [0.05, 0.1) is 12.7 Å². The molecule has 1 aliphatic heterocycles. The Morgan fingerprint density at radius 2 is 1.54 bits per heavy atom. The Morgan fingerprint density at radius 3 is 2.15 bits per heavy atom. The fourth-order valence-corrected chi connectivity index (χ4v) is 6.03. The van der Waals surface area contributed by atoms with E-state index < -0.39 is 41.6 Å². The van der Waals surface area contributed by atoms with Crippen LogP contribution < -0.4 is 5.32 Å². The fraction of sp³-hybridized carbons (Fsp3) is 0.364. The maximum Gasteiger partial charge on any atom is 0.407 e. The standard InChI is InChI=1S/C33H36N2O6/c1-21(40-19-22-11-5-4-6-12-22)28(30(36)35-18-17-33(2,3)29(35)31(37)38)34-32(39)41-20-27-25-15-9-7-13-23(25)24-14-8-10-16-26(24)27/h4-16,21,27-29H,17-20H2,1-3H3,(H,34,39)(H,37,38)/t21-,28+,29?/m0/s1. The molecule has 0 spiro atoms. The number of carbonyl (C=O) groups excluding carboxylic acids is 2. The second-order valence-electron chi connectivity index (χ2n) is 11.5. The number of nitrogens with zero attached hydrogens (tertiary/aromatic N) is 1. The highest BCUT2D eigenvalue weighted by molar-refractivity contribution is 5.90. The van der Waals surface area contributed by atoms with Crippen molar-refractivity contribution in [3.05, 3.63) is 95.6 Å². The van der Waals surface area contributed by atoms with Crippen LogP contribution in [0, 0.1) is 5.41 Å². The molecule has 3 atom stereocenters. The molecule has 8 nitrogen and oxygen atoms in total. The number of amides is 2. The molecule has 3 aromatic rings. The number of carboxylic acid groups (broad SMARTS) is 1. The molecule has 2 N–H and O–H groups in total. The van der Waals surface area contributed by atoms with E-state index in [0.717, 1.165) is 27.8 Å². The van der Waals surface area contributed by atoms with E-state index in [9.17, 15) is 19.5 Å². The molecule has 41 heavy (non-hydrogen) atoms. The molecule has 0 saturated carbocycles. The van der Waals surface area contributed by atoms with E-state index in [1.165, 1.54) is 4.90 Å². The summed E-state index contributed by atoms with van der Waals surface area (Å²) in [6, 6.07) is 23.5. The van der Waals surface area contributed by atoms with Gasteiger partial charge in [-0.3, -0.25) is 4.79 Å². The van der Waals surface area contributed by atoms with E-state index >= 15 is 0 Å². The number of aliphatic carboxylic acids is 1. The molecule has 1 saturated heterocycles. The molecule has 1 heterocycles. The summed E-state index contributed by atoms with van der Waals surface area (Å²) in [6.45, 7) is 5.97. The number of alkyl carbamates (subject to hydrolysis) is 1. The van der Waals surface area contributed by atoms with Gasteiger partial charge < -0.3 is 24.8 Å². The van der Waals surface area contributed by atoms with Crippen LogP contribution in [0.1, 0.15) is 49.8 Å². The van der Waals surface area contributed by atoms with Crippen LogP contribution in [-0.2, 0) is 25.7 Å². The smallest absolute Gasteiger partial charge is 0.407 e. The Kier molecular flexibility index (Phi) is 8.13. The Labute approximate surface area is 240 Å². The number of benzene rings is 3. The van der Waals surface area contributed by atoms with E-state index in [1.807, 2.05) is 80.6 Å². The largest absolute Gasteiger partial charge is 0.480 e. The van der Waals surface area contributed by atoms with E-state index in [0.29, 0.717) is 6.42 Å². The number of hydrogen-bond donors (Lipinski definition) is 2. The molecule has 0 bridgehead atoms. The molecule has 214 valence electrons. The van der Waals surface area contributed by atoms with Gasteiger partial charge in [-0.1, -0.05) is 92.7 Å². The van der Waals surface area contributed by atoms with Crippen molar-refractivity contribution in [1.82, 2.24) is 10.2 Å². The molecule has 1 unspecified atom stereocenters. The maximum atomic E-state index is 13.8. The van der Waals surface area contributed by atoms with Crippen molar-refractivity contribution in [2.75, 3.05) is 13.2 Å². The lowest BCUT2D eigenvalue weighted by Gasteiger charge is -2.33. The zero-order valence-electron chi connectivity index (χ0n) is 23.6. The van der Waals surface area contributed by atoms with Crippen LogP contribution in [-0.4, -0.2) is 59.3 Å². The van der Waals surface area contributed by atoms with Crippen LogP contribution in [0.15, 0.2) is 78.9 Å². The minimum Gasteiger partial charge on any atom is -0.480 e. The highest BCUT2D eigenvalue weighted by atomic mass is 16.5. The second kappa shape index (κ2) is 11.7. The predicted molar refractivity (Wildman–Crippen MR) is 154 cm³/mol. The molecule has 5 rings (SSSR count). The fourth-order valence-electron chi connectivity index (χ4n) is 6.03. The summed E-state index contributed by atoms with van der Waals surface area (Å²) in [5, 5.41) is 12.7. The maximum absolute atomic E-state index is 13.8. The molecule has 2 aliphatic rings. The van der Waals surface area contributed by atoms with E-state index in [4.69, 9.17) is 9.47 Å². The molecule has 2 amide bonds. The van der Waals surface area contributed by atoms with Crippen LogP contribution in [0.5, 0.6) is 0 Å². The molecular weight excluding hydrogens is 520 g/mol. The van der Waals surface area contributed by atoms with Crippen molar-refractivity contribution in [2.45, 2.75) is 57.9 Å². The van der Waals surface area contributed by atoms with Crippen molar-refractivity contribution in [1.29, 1.82) is 0 Å². The number of hydrogen-bond acceptors (Lipinski definition) is 5. The van der Waals surface area contributed by atoms with Crippen LogP contribution in [0.25, 0.3) is 11.1 Å². The van der Waals surface area contributed by atoms with Gasteiger partial charge in [-0.2, -0.15) is 0 Å². The van der Waals surface area contributed by atoms with Crippen molar-refractivity contribution >= 4 is 18.0 Å². The first-order valence-corrected chi connectivity index (χ1v) is 14.0. The number of rotatable bonds is 9. The van der Waals surface area contributed by atoms with Gasteiger partial charge in [0.15, 0.2) is 0 Å². The van der Waals surface area contributed by atoms with Gasteiger partial charge in [-0.25, -0.2) is 9.59 Å². The van der Waals surface area contributed by atoms with Gasteiger partial charge in [0, 0.05) is 12.5 Å². The van der Waals surface area contributed by atoms with Crippen LogP contribution in [0.2, 0.25) is 0 Å². The molecule has 0 radical (unpaired) electrons. The minimum absolute atomic E-state index is 0.0918. The molecule has 0 aromatic heterocycles. The summed E-state index contributed by atoms with van der Waals surface area (Å²) in [6.07, 6.45) is -0.973. The van der Waals surface area contributed by atoms with Crippen LogP contribution in [0.4, 0.5) is 4.79 Å². The van der Waals surface area contributed by atoms with Gasteiger partial charge in [-0.15, -0.1) is 0 Å². The Bertz CT molecular complexity index is 1380. The summed E-state index contributed by atoms with van der Waals surface area (Å²) in [5.41, 5.74) is 4.70. The number of ether oxygens (including phenoxy) is 2. The monoisotopic (exact) mass is 556 g/mol. The molecular formula is C33H36N2O6. The Balaban J connectivity index is 1.32. The van der Waals surface area contributed by atoms with Crippen molar-refractivity contribution in [2.24, 2.45) is 5.41 Å². The van der Waals surface area contributed by atoms with Crippen LogP contribution in [0.3, 0.4) is 0 Å². The Morgan fingerprint density at radius 1 is 0.951 bits per heavy atom. The molecule has 1 aliphatic carbocycles. The summed E-state index contributed by atoms with van der Waals surface area (Å²) >= 11 is 0. The van der Waals surface area contributed by atoms with Gasteiger partial charge >= 0.3 is 12.1 Å². The third-order valence-electron chi connectivity index (χ3n) is 8.27. The quantitative estimate of drug-likeness (QED) is 0.375. The highest BCUT2D eigenvalue weighted by Crippen LogP contribution is 2.44. The first-order valence-electron chi connectivity index (χ1n) is 14.0. The summed E-state index contributed by atoms with van der Waals surface area (Å²) in [7, 11) is 0. The summed E-state index contributed by atoms with van der Waals surface area (Å²) in [5.74, 6) is -1.71. The van der Waals surface area contributed by atoms with Crippen LogP contribution >= 0.6 is 0 Å². The van der Waals surface area contributed by atoms with Gasteiger partial charge in [0.1, 0.15) is 18.7 Å². The third kappa shape index (κ3) is 5.84. The number of likely N-dealkylation sites (tertiary alicyclic amines) is 1. The topological polar surface area (TPSA) is 105 Å². The molecule has 3 aromatic carbocycles. The molecule has 1 fully saturated rings. The van der Waals surface area contributed by atoms with Crippen molar-refractivity contribution in [3.63, 3.8) is 0 Å². The summed E-state index contributed by atoms with van der Waals surface area (Å²) < 4.78 is 11.7. The van der Waals surface area contributed by atoms with E-state index in [-0.39, 0.29) is 25.7 Å². The first-order chi connectivity index (χ1) is 19.7. The average molecular weight is 557 g/mol. The number of nitrogens with one attached hydrogen (secondary N) is 1. The average Bonchev–Trinajstić information content (AvgIpc) is 3.47. The lowest BCUT2D eigenvalue weighted by molar-refractivity contribution is -0.153. The van der Waals surface area contributed by atoms with Crippen molar-refractivity contribution in [3.8, 4) is 11.1 Å². The zero-order chi connectivity index (χ0) is 29.1. The number of carbonyl (C=O) groups is 3. The number of carboxylic acids is 1. The normalized spacial score (nSPS) is 18.7. The predicted octanol–water partition coefficient (Wildman–Crippen LogP) is 5.21. The molecule has 8 heteroatoms. The lowest BCUT2D eigenvalue weighted by Crippen LogP contribution is -2.57. The SMILES string of the molecule is C[C@H](OCc1ccccc1)[C@@H](NC(=O)OCC1c2ccccc2-c2ccccc21)C(=O)N1CCC(C)(C)C1C(=O)O. The first kappa shape index (κ1) is 28.4. The highest BCUT2D eigenvalue weighted by Gasteiger charge is 2.49. The van der Waals surface area contributed by atoms with E-state index in [1.54, 1.807) is 6.92 Å². The minimum atomic E-state index is -1.13. The third-order valence-corrected chi connectivity index (χ3v) is 8.27. The summed E-state index contributed by atoms with van der Waals surface area (Å²) in [4.78, 5) is 40.6. The lowest BCUT2D eigenvalue weighted by atomic mass is 9.84. The second-order valence-corrected chi connectivity index (χ2v) is 11.5. The van der Waals surface area contributed by atoms with Crippen molar-refractivity contribution < 1.29 is 29.0 Å². The number of fused-ring (bicyclic) bond motifs is 3. The van der Waals surface area contributed by atoms with Gasteiger partial charge in [-0.05, 0) is 46.6 Å². The van der Waals surface area contributed by atoms with Gasteiger partial charge in [0.2, 0.25) is 5.91 Å². The van der Waals surface area contributed by atoms with Gasteiger partial charge in [0.25, 0.3) is 0 Å². The Hall–Kier alpha value is -4.17. The van der Waals surface area contributed by atoms with E-state index in [2.05, 4.69) is 17.4 Å².